The number of carbonyl (C=O) groups excluding carboxylic acids is 3. The number of amides is 4. The van der Waals surface area contributed by atoms with Gasteiger partial charge in [-0.1, -0.05) is 104 Å². The van der Waals surface area contributed by atoms with Gasteiger partial charge in [0, 0.05) is 20.1 Å². The molecule has 0 bridgehead atoms. The van der Waals surface area contributed by atoms with Crippen LogP contribution in [0.4, 0.5) is 4.79 Å². The summed E-state index contributed by atoms with van der Waals surface area (Å²) in [4.78, 5) is 44.1. The molecule has 222 valence electrons. The Labute approximate surface area is 248 Å². The Morgan fingerprint density at radius 1 is 0.929 bits per heavy atom. The number of likely N-dealkylation sites (N-methyl/N-ethyl adjacent to an activating group) is 1. The van der Waals surface area contributed by atoms with E-state index in [1.54, 1.807) is 26.9 Å². The minimum atomic E-state index is -0.831. The fourth-order valence-corrected chi connectivity index (χ4v) is 5.38. The molecule has 0 spiro atoms. The van der Waals surface area contributed by atoms with Gasteiger partial charge in [0.1, 0.15) is 12.2 Å². The maximum atomic E-state index is 13.8. The third kappa shape index (κ3) is 7.16. The Morgan fingerprint density at radius 3 is 2.29 bits per heavy atom. The van der Waals surface area contributed by atoms with Crippen molar-refractivity contribution in [2.24, 2.45) is 0 Å². The van der Waals surface area contributed by atoms with E-state index in [2.05, 4.69) is 11.4 Å². The molecule has 3 aromatic carbocycles. The molecule has 9 heteroatoms. The van der Waals surface area contributed by atoms with E-state index in [4.69, 9.17) is 4.74 Å². The molecule has 3 aromatic rings. The molecule has 0 unspecified atom stereocenters. The summed E-state index contributed by atoms with van der Waals surface area (Å²) in [6.07, 6.45) is -0.665. The number of ether oxygens (including phenoxy) is 1. The van der Waals surface area contributed by atoms with E-state index in [9.17, 15) is 14.4 Å². The van der Waals surface area contributed by atoms with Crippen molar-refractivity contribution in [1.29, 1.82) is 0 Å². The summed E-state index contributed by atoms with van der Waals surface area (Å²) in [7, 11) is 1.72. The van der Waals surface area contributed by atoms with Gasteiger partial charge in [-0.05, 0) is 23.6 Å². The molecule has 0 radical (unpaired) electrons. The predicted octanol–water partition coefficient (Wildman–Crippen LogP) is 4.35. The number of piperazine rings is 1. The summed E-state index contributed by atoms with van der Waals surface area (Å²) in [5.41, 5.74) is 3.91. The number of hydrazine groups is 1. The molecule has 4 amide bonds. The summed E-state index contributed by atoms with van der Waals surface area (Å²) in [5, 5.41) is 6.18. The van der Waals surface area contributed by atoms with Crippen molar-refractivity contribution < 1.29 is 19.1 Å². The van der Waals surface area contributed by atoms with Crippen LogP contribution in [0.25, 0.3) is 0 Å². The molecule has 2 aliphatic heterocycles. The Kier molecular flexibility index (Phi) is 10.7. The topological polar surface area (TPSA) is 85.4 Å². The average molecular weight is 572 g/mol. The van der Waals surface area contributed by atoms with Crippen LogP contribution in [0.3, 0.4) is 0 Å². The van der Waals surface area contributed by atoms with Gasteiger partial charge in [0.15, 0.2) is 0 Å². The molecule has 2 atom stereocenters. The lowest BCUT2D eigenvalue weighted by Crippen LogP contribution is -2.73. The fourth-order valence-electron chi connectivity index (χ4n) is 5.38. The first-order chi connectivity index (χ1) is 20.4. The average Bonchev–Trinajstić information content (AvgIpc) is 3.01. The van der Waals surface area contributed by atoms with Gasteiger partial charge < -0.3 is 19.9 Å². The number of urea groups is 1. The number of fused-ring (bicyclic) bond motifs is 1. The lowest BCUT2D eigenvalue weighted by atomic mass is 9.99. The van der Waals surface area contributed by atoms with E-state index in [1.807, 2.05) is 99.6 Å². The molecule has 1 N–H and O–H groups in total. The summed E-state index contributed by atoms with van der Waals surface area (Å²) in [6.45, 7) is 7.68. The maximum absolute atomic E-state index is 13.8. The molecule has 0 aliphatic carbocycles. The van der Waals surface area contributed by atoms with Gasteiger partial charge in [0.25, 0.3) is 0 Å². The molecule has 2 heterocycles. The van der Waals surface area contributed by atoms with Crippen LogP contribution in [0.1, 0.15) is 42.1 Å². The van der Waals surface area contributed by atoms with Crippen LogP contribution in [0.2, 0.25) is 0 Å². The van der Waals surface area contributed by atoms with E-state index in [-0.39, 0.29) is 30.9 Å². The summed E-state index contributed by atoms with van der Waals surface area (Å²) >= 11 is 0. The van der Waals surface area contributed by atoms with Crippen molar-refractivity contribution in [1.82, 2.24) is 25.1 Å². The van der Waals surface area contributed by atoms with Gasteiger partial charge >= 0.3 is 6.03 Å². The number of aryl methyl sites for hydroxylation is 1. The van der Waals surface area contributed by atoms with Crippen LogP contribution in [0.5, 0.6) is 0 Å². The van der Waals surface area contributed by atoms with E-state index < -0.39 is 12.2 Å². The molecule has 0 saturated carbocycles. The van der Waals surface area contributed by atoms with Crippen molar-refractivity contribution >= 4 is 17.8 Å². The van der Waals surface area contributed by atoms with Crippen molar-refractivity contribution in [3.63, 3.8) is 0 Å². The highest BCUT2D eigenvalue weighted by molar-refractivity contribution is 5.92. The zero-order valence-electron chi connectivity index (χ0n) is 24.9. The highest BCUT2D eigenvalue weighted by atomic mass is 16.5. The second-order valence-electron chi connectivity index (χ2n) is 10.2. The molecular formula is C33H41N5O4. The first-order valence-corrected chi connectivity index (χ1v) is 14.5. The van der Waals surface area contributed by atoms with E-state index >= 15 is 0 Å². The Bertz CT molecular complexity index is 1340. The first-order valence-electron chi connectivity index (χ1n) is 14.5. The van der Waals surface area contributed by atoms with Crippen molar-refractivity contribution in [2.75, 3.05) is 33.3 Å². The van der Waals surface area contributed by atoms with Crippen LogP contribution in [0, 0.1) is 6.92 Å². The lowest BCUT2D eigenvalue weighted by Gasteiger charge is -2.54. The minimum Gasteiger partial charge on any atom is -0.375 e. The lowest BCUT2D eigenvalue weighted by molar-refractivity contribution is -0.188. The number of hydrogen-bond donors (Lipinski definition) is 1. The van der Waals surface area contributed by atoms with E-state index in [1.165, 1.54) is 0 Å². The van der Waals surface area contributed by atoms with Crippen molar-refractivity contribution in [3.8, 4) is 0 Å². The quantitative estimate of drug-likeness (QED) is 0.407. The third-order valence-corrected chi connectivity index (χ3v) is 7.30. The molecule has 2 saturated heterocycles. The molecule has 0 aromatic heterocycles. The van der Waals surface area contributed by atoms with Gasteiger partial charge in [-0.2, -0.15) is 0 Å². The summed E-state index contributed by atoms with van der Waals surface area (Å²) in [5.74, 6) is -0.374. The van der Waals surface area contributed by atoms with Crippen molar-refractivity contribution in [3.05, 3.63) is 107 Å². The van der Waals surface area contributed by atoms with Crippen LogP contribution in [0.15, 0.2) is 84.9 Å². The van der Waals surface area contributed by atoms with Crippen molar-refractivity contribution in [2.45, 2.75) is 46.1 Å². The van der Waals surface area contributed by atoms with E-state index in [0.29, 0.717) is 31.9 Å². The standard InChI is InChI=1S/C31H35N5O4.C2H6/c1-23-10-9-13-25(18-23)22-40-17-16-34-20-27-35(29(30(34)38)26-14-7-4-8-15-26)28(37)21-33(2)36(27)31(39)32-19-24-11-5-3-6-12-24;1-2/h3-15,18,27,29H,16-17,19-22H2,1-2H3,(H,32,39);1-2H3/t27-,29-;/m0./s1. The zero-order chi connectivity index (χ0) is 30.1. The van der Waals surface area contributed by atoms with Crippen LogP contribution >= 0.6 is 0 Å². The Balaban J connectivity index is 0.00000198. The predicted molar refractivity (Wildman–Crippen MR) is 162 cm³/mol. The smallest absolute Gasteiger partial charge is 0.334 e. The van der Waals surface area contributed by atoms with Gasteiger partial charge in [-0.15, -0.1) is 0 Å². The highest BCUT2D eigenvalue weighted by Crippen LogP contribution is 2.34. The van der Waals surface area contributed by atoms with E-state index in [0.717, 1.165) is 16.7 Å². The number of carbonyl (C=O) groups is 3. The molecular weight excluding hydrogens is 530 g/mol. The van der Waals surface area contributed by atoms with Crippen LogP contribution in [-0.2, 0) is 27.5 Å². The van der Waals surface area contributed by atoms with Gasteiger partial charge in [-0.25, -0.2) is 14.8 Å². The SMILES string of the molecule is CC.Cc1cccc(COCCN2C[C@H]3N(C(=O)CN(C)N3C(=O)NCc3ccccc3)[C@@H](c3ccccc3)C2=O)c1. The van der Waals surface area contributed by atoms with Crippen LogP contribution in [-0.4, -0.2) is 77.1 Å². The first kappa shape index (κ1) is 30.7. The maximum Gasteiger partial charge on any atom is 0.334 e. The highest BCUT2D eigenvalue weighted by Gasteiger charge is 2.51. The Morgan fingerprint density at radius 2 is 1.60 bits per heavy atom. The summed E-state index contributed by atoms with van der Waals surface area (Å²) in [6, 6.07) is 25.9. The number of benzene rings is 3. The zero-order valence-corrected chi connectivity index (χ0v) is 24.9. The molecule has 42 heavy (non-hydrogen) atoms. The van der Waals surface area contributed by atoms with Gasteiger partial charge in [-0.3, -0.25) is 9.59 Å². The van der Waals surface area contributed by atoms with Gasteiger partial charge in [0.2, 0.25) is 11.8 Å². The normalized spacial score (nSPS) is 18.7. The second-order valence-corrected chi connectivity index (χ2v) is 10.2. The minimum absolute atomic E-state index is 0.00846. The molecule has 2 fully saturated rings. The number of rotatable bonds is 8. The number of hydrogen-bond acceptors (Lipinski definition) is 5. The van der Waals surface area contributed by atoms with Gasteiger partial charge in [0.05, 0.1) is 26.3 Å². The Hall–Kier alpha value is -4.21. The summed E-state index contributed by atoms with van der Waals surface area (Å²) < 4.78 is 5.93. The largest absolute Gasteiger partial charge is 0.375 e. The fraction of sp³-hybridized carbons (Fsp3) is 0.364. The molecule has 5 rings (SSSR count). The number of nitrogens with zero attached hydrogens (tertiary/aromatic N) is 4. The second kappa shape index (κ2) is 14.6. The monoisotopic (exact) mass is 571 g/mol. The molecule has 9 nitrogen and oxygen atoms in total. The molecule has 2 aliphatic rings. The number of nitrogens with one attached hydrogen (secondary N) is 1. The third-order valence-electron chi connectivity index (χ3n) is 7.30. The van der Waals surface area contributed by atoms with Crippen LogP contribution < -0.4 is 5.32 Å².